The minimum atomic E-state index is -3.83. The molecule has 8 heteroatoms. The summed E-state index contributed by atoms with van der Waals surface area (Å²) in [4.78, 5) is 12.5. The van der Waals surface area contributed by atoms with E-state index in [1.165, 1.54) is 6.07 Å². The van der Waals surface area contributed by atoms with Crippen molar-refractivity contribution in [1.29, 1.82) is 0 Å². The number of carbonyl (C=O) groups is 1. The number of rotatable bonds is 6. The monoisotopic (exact) mass is 389 g/mol. The number of hydrogen-bond acceptors (Lipinski definition) is 5. The zero-order chi connectivity index (χ0) is 19.4. The number of benzene rings is 2. The number of hydrogen-bond donors (Lipinski definition) is 3. The van der Waals surface area contributed by atoms with E-state index in [9.17, 15) is 13.2 Å². The van der Waals surface area contributed by atoms with E-state index >= 15 is 0 Å². The van der Waals surface area contributed by atoms with Gasteiger partial charge in [0.2, 0.25) is 0 Å². The highest BCUT2D eigenvalue weighted by molar-refractivity contribution is 7.92. The third-order valence-corrected chi connectivity index (χ3v) is 6.00. The number of methoxy groups -OCH3 is 1. The molecule has 1 heterocycles. The smallest absolute Gasteiger partial charge is 0.262 e. The first-order chi connectivity index (χ1) is 12.9. The summed E-state index contributed by atoms with van der Waals surface area (Å²) in [5, 5.41) is 6.10. The van der Waals surface area contributed by atoms with Gasteiger partial charge in [-0.3, -0.25) is 9.52 Å². The topological polar surface area (TPSA) is 96.5 Å². The van der Waals surface area contributed by atoms with Gasteiger partial charge in [0.25, 0.3) is 15.9 Å². The van der Waals surface area contributed by atoms with Crippen LogP contribution in [0.2, 0.25) is 0 Å². The van der Waals surface area contributed by atoms with Gasteiger partial charge in [-0.1, -0.05) is 6.07 Å². The second-order valence-electron chi connectivity index (χ2n) is 6.48. The van der Waals surface area contributed by atoms with Crippen molar-refractivity contribution in [3.8, 4) is 5.75 Å². The van der Waals surface area contributed by atoms with Crippen molar-refractivity contribution in [2.24, 2.45) is 0 Å². The summed E-state index contributed by atoms with van der Waals surface area (Å²) in [5.74, 6) is 0.360. The zero-order valence-electron chi connectivity index (χ0n) is 15.3. The van der Waals surface area contributed by atoms with Gasteiger partial charge >= 0.3 is 0 Å². The van der Waals surface area contributed by atoms with Crippen molar-refractivity contribution in [2.45, 2.75) is 24.3 Å². The molecule has 1 saturated heterocycles. The Kier molecular flexibility index (Phi) is 5.67. The van der Waals surface area contributed by atoms with E-state index < -0.39 is 10.0 Å². The molecule has 1 aliphatic rings. The van der Waals surface area contributed by atoms with Crippen molar-refractivity contribution in [1.82, 2.24) is 10.6 Å². The van der Waals surface area contributed by atoms with Crippen LogP contribution in [0.3, 0.4) is 0 Å². The first-order valence-electron chi connectivity index (χ1n) is 8.68. The minimum absolute atomic E-state index is 0.0660. The van der Waals surface area contributed by atoms with Crippen LogP contribution in [0, 0.1) is 6.92 Å². The summed E-state index contributed by atoms with van der Waals surface area (Å²) in [6.45, 7) is 3.29. The molecule has 3 N–H and O–H groups in total. The van der Waals surface area contributed by atoms with Crippen LogP contribution in [-0.2, 0) is 10.0 Å². The Bertz CT molecular complexity index is 920. The van der Waals surface area contributed by atoms with Gasteiger partial charge in [-0.05, 0) is 61.9 Å². The van der Waals surface area contributed by atoms with Gasteiger partial charge in [0.05, 0.1) is 12.0 Å². The number of ether oxygens (including phenoxy) is 1. The lowest BCUT2D eigenvalue weighted by Gasteiger charge is -2.14. The molecule has 0 saturated carbocycles. The average Bonchev–Trinajstić information content (AvgIpc) is 3.15. The average molecular weight is 389 g/mol. The Morgan fingerprint density at radius 3 is 2.56 bits per heavy atom. The Hall–Kier alpha value is -2.58. The SMILES string of the molecule is COc1ccc(NS(=O)(=O)c2cc(C(=O)NC3CCNC3)ccc2C)cc1. The number of anilines is 1. The first-order valence-corrected chi connectivity index (χ1v) is 10.2. The third-order valence-electron chi connectivity index (χ3n) is 4.48. The van der Waals surface area contributed by atoms with E-state index in [-0.39, 0.29) is 16.8 Å². The van der Waals surface area contributed by atoms with Crippen molar-refractivity contribution < 1.29 is 17.9 Å². The maximum atomic E-state index is 12.8. The molecule has 144 valence electrons. The van der Waals surface area contributed by atoms with Crippen molar-refractivity contribution in [3.05, 3.63) is 53.6 Å². The summed E-state index contributed by atoms with van der Waals surface area (Å²) < 4.78 is 33.2. The fraction of sp³-hybridized carbons (Fsp3) is 0.316. The number of nitrogens with one attached hydrogen (secondary N) is 3. The van der Waals surface area contributed by atoms with Gasteiger partial charge < -0.3 is 15.4 Å². The van der Waals surface area contributed by atoms with E-state index in [0.29, 0.717) is 22.6 Å². The normalized spacial score (nSPS) is 16.7. The molecule has 1 unspecified atom stereocenters. The molecule has 0 bridgehead atoms. The van der Waals surface area contributed by atoms with E-state index in [1.807, 2.05) is 0 Å². The van der Waals surface area contributed by atoms with Crippen LogP contribution in [-0.4, -0.2) is 40.6 Å². The lowest BCUT2D eigenvalue weighted by Crippen LogP contribution is -2.36. The summed E-state index contributed by atoms with van der Waals surface area (Å²) in [7, 11) is -2.29. The van der Waals surface area contributed by atoms with E-state index in [2.05, 4.69) is 15.4 Å². The van der Waals surface area contributed by atoms with Crippen LogP contribution in [0.25, 0.3) is 0 Å². The van der Waals surface area contributed by atoms with Crippen molar-refractivity contribution in [2.75, 3.05) is 24.9 Å². The largest absolute Gasteiger partial charge is 0.497 e. The van der Waals surface area contributed by atoms with E-state index in [1.54, 1.807) is 50.4 Å². The molecule has 0 spiro atoms. The molecule has 1 fully saturated rings. The molecule has 1 aliphatic heterocycles. The van der Waals surface area contributed by atoms with Crippen molar-refractivity contribution >= 4 is 21.6 Å². The maximum Gasteiger partial charge on any atom is 0.262 e. The molecule has 2 aromatic carbocycles. The number of aryl methyl sites for hydroxylation is 1. The first kappa shape index (κ1) is 19.2. The Morgan fingerprint density at radius 2 is 1.93 bits per heavy atom. The van der Waals surface area contributed by atoms with Gasteiger partial charge in [0, 0.05) is 23.8 Å². The molecule has 27 heavy (non-hydrogen) atoms. The second-order valence-corrected chi connectivity index (χ2v) is 8.13. The van der Waals surface area contributed by atoms with E-state index in [0.717, 1.165) is 19.5 Å². The number of sulfonamides is 1. The second kappa shape index (κ2) is 7.98. The zero-order valence-corrected chi connectivity index (χ0v) is 16.1. The maximum absolute atomic E-state index is 12.8. The molecule has 3 rings (SSSR count). The fourth-order valence-electron chi connectivity index (χ4n) is 2.95. The highest BCUT2D eigenvalue weighted by Gasteiger charge is 2.21. The lowest BCUT2D eigenvalue weighted by atomic mass is 10.1. The quantitative estimate of drug-likeness (QED) is 0.701. The van der Waals surface area contributed by atoms with Crippen molar-refractivity contribution in [3.63, 3.8) is 0 Å². The molecular weight excluding hydrogens is 366 g/mol. The summed E-state index contributed by atoms with van der Waals surface area (Å²) in [6.07, 6.45) is 0.863. The molecular formula is C19H23N3O4S. The molecule has 0 radical (unpaired) electrons. The molecule has 0 aromatic heterocycles. The number of amides is 1. The summed E-state index contributed by atoms with van der Waals surface area (Å²) in [5.41, 5.74) is 1.31. The molecule has 2 aromatic rings. The van der Waals surface area contributed by atoms with Gasteiger partial charge in [-0.2, -0.15) is 0 Å². The van der Waals surface area contributed by atoms with Gasteiger partial charge in [0.1, 0.15) is 5.75 Å². The highest BCUT2D eigenvalue weighted by atomic mass is 32.2. The predicted octanol–water partition coefficient (Wildman–Crippen LogP) is 1.90. The van der Waals surface area contributed by atoms with E-state index in [4.69, 9.17) is 4.74 Å². The van der Waals surface area contributed by atoms with Crippen LogP contribution < -0.4 is 20.1 Å². The standard InChI is InChI=1S/C19H23N3O4S/c1-13-3-4-14(19(23)21-16-9-10-20-12-16)11-18(13)27(24,25)22-15-5-7-17(26-2)8-6-15/h3-8,11,16,20,22H,9-10,12H2,1-2H3,(H,21,23). The molecule has 7 nitrogen and oxygen atoms in total. The molecule has 1 atom stereocenters. The minimum Gasteiger partial charge on any atom is -0.497 e. The Balaban J connectivity index is 1.82. The van der Waals surface area contributed by atoms with Gasteiger partial charge in [-0.15, -0.1) is 0 Å². The highest BCUT2D eigenvalue weighted by Crippen LogP contribution is 2.22. The summed E-state index contributed by atoms with van der Waals surface area (Å²) >= 11 is 0. The molecule has 0 aliphatic carbocycles. The third kappa shape index (κ3) is 4.58. The Morgan fingerprint density at radius 1 is 1.19 bits per heavy atom. The Labute approximate surface area is 159 Å². The van der Waals surface area contributed by atoms with Crippen LogP contribution in [0.5, 0.6) is 5.75 Å². The van der Waals surface area contributed by atoms with Gasteiger partial charge in [0.15, 0.2) is 0 Å². The predicted molar refractivity (Wildman–Crippen MR) is 104 cm³/mol. The lowest BCUT2D eigenvalue weighted by molar-refractivity contribution is 0.0940. The summed E-state index contributed by atoms with van der Waals surface area (Å²) in [6, 6.07) is 11.3. The molecule has 1 amide bonds. The fourth-order valence-corrected chi connectivity index (χ4v) is 4.28. The van der Waals surface area contributed by atoms with Gasteiger partial charge in [-0.25, -0.2) is 8.42 Å². The van der Waals surface area contributed by atoms with Crippen LogP contribution >= 0.6 is 0 Å². The van der Waals surface area contributed by atoms with Crippen LogP contribution in [0.15, 0.2) is 47.4 Å². The van der Waals surface area contributed by atoms with Crippen LogP contribution in [0.1, 0.15) is 22.3 Å². The number of carbonyl (C=O) groups excluding carboxylic acids is 1. The van der Waals surface area contributed by atoms with Crippen LogP contribution in [0.4, 0.5) is 5.69 Å².